The number of hydrogen-bond acceptors (Lipinski definition) is 4. The SMILES string of the molecule is COC[C@@H](O)CNC(=O)Nc1cccc2c1OC(C)(C)CC2. The number of amides is 2. The number of methoxy groups -OCH3 is 1. The summed E-state index contributed by atoms with van der Waals surface area (Å²) in [6.07, 6.45) is 1.14. The van der Waals surface area contributed by atoms with Crippen LogP contribution in [-0.4, -0.2) is 43.1 Å². The molecule has 122 valence electrons. The van der Waals surface area contributed by atoms with Gasteiger partial charge in [0.25, 0.3) is 0 Å². The van der Waals surface area contributed by atoms with Gasteiger partial charge in [-0.3, -0.25) is 0 Å². The molecule has 22 heavy (non-hydrogen) atoms. The zero-order valence-electron chi connectivity index (χ0n) is 13.3. The van der Waals surface area contributed by atoms with Crippen molar-refractivity contribution in [2.75, 3.05) is 25.6 Å². The highest BCUT2D eigenvalue weighted by Gasteiger charge is 2.28. The zero-order valence-corrected chi connectivity index (χ0v) is 13.3. The number of benzene rings is 1. The summed E-state index contributed by atoms with van der Waals surface area (Å²) in [6.45, 7) is 4.38. The van der Waals surface area contributed by atoms with Gasteiger partial charge in [0.05, 0.1) is 18.4 Å². The van der Waals surface area contributed by atoms with E-state index in [-0.39, 0.29) is 24.8 Å². The van der Waals surface area contributed by atoms with Crippen molar-refractivity contribution in [1.82, 2.24) is 5.32 Å². The molecule has 2 amide bonds. The van der Waals surface area contributed by atoms with E-state index < -0.39 is 6.10 Å². The first-order chi connectivity index (χ1) is 10.4. The molecule has 0 bridgehead atoms. The van der Waals surface area contributed by atoms with Crippen LogP contribution in [0.25, 0.3) is 0 Å². The number of rotatable bonds is 5. The highest BCUT2D eigenvalue weighted by atomic mass is 16.5. The van der Waals surface area contributed by atoms with Crippen molar-refractivity contribution in [3.05, 3.63) is 23.8 Å². The number of para-hydroxylation sites is 1. The van der Waals surface area contributed by atoms with Crippen molar-refractivity contribution < 1.29 is 19.4 Å². The average Bonchev–Trinajstić information content (AvgIpc) is 2.45. The molecule has 1 aromatic rings. The molecule has 1 heterocycles. The molecule has 6 heteroatoms. The van der Waals surface area contributed by atoms with Crippen LogP contribution in [0.4, 0.5) is 10.5 Å². The normalized spacial score (nSPS) is 17.1. The van der Waals surface area contributed by atoms with Crippen molar-refractivity contribution in [1.29, 1.82) is 0 Å². The van der Waals surface area contributed by atoms with E-state index in [4.69, 9.17) is 9.47 Å². The van der Waals surface area contributed by atoms with Crippen LogP contribution >= 0.6 is 0 Å². The standard InChI is InChI=1S/C16H24N2O4/c1-16(2)8-7-11-5-4-6-13(14(11)22-16)18-15(20)17-9-12(19)10-21-3/h4-6,12,19H,7-10H2,1-3H3,(H2,17,18,20)/t12-/m0/s1. The number of aryl methyl sites for hydroxylation is 1. The molecule has 1 aliphatic rings. The Bertz CT molecular complexity index is 531. The number of aliphatic hydroxyl groups excluding tert-OH is 1. The van der Waals surface area contributed by atoms with Crippen LogP contribution in [0, 0.1) is 0 Å². The van der Waals surface area contributed by atoms with Crippen molar-refractivity contribution in [2.24, 2.45) is 0 Å². The minimum absolute atomic E-state index is 0.126. The summed E-state index contributed by atoms with van der Waals surface area (Å²) in [7, 11) is 1.50. The fourth-order valence-corrected chi connectivity index (χ4v) is 2.39. The number of carbonyl (C=O) groups excluding carboxylic acids is 1. The molecule has 0 unspecified atom stereocenters. The summed E-state index contributed by atoms with van der Waals surface area (Å²) >= 11 is 0. The number of anilines is 1. The molecule has 0 saturated heterocycles. The molecule has 0 spiro atoms. The Kier molecular flexibility index (Phi) is 5.26. The van der Waals surface area contributed by atoms with Gasteiger partial charge in [-0.25, -0.2) is 4.79 Å². The van der Waals surface area contributed by atoms with Gasteiger partial charge in [-0.2, -0.15) is 0 Å². The molecule has 1 aromatic carbocycles. The number of carbonyl (C=O) groups is 1. The second kappa shape index (κ2) is 6.98. The summed E-state index contributed by atoms with van der Waals surface area (Å²) in [5.41, 5.74) is 1.50. The number of nitrogens with one attached hydrogen (secondary N) is 2. The quantitative estimate of drug-likeness (QED) is 0.776. The van der Waals surface area contributed by atoms with Crippen molar-refractivity contribution in [2.45, 2.75) is 38.4 Å². The van der Waals surface area contributed by atoms with E-state index >= 15 is 0 Å². The lowest BCUT2D eigenvalue weighted by atomic mass is 9.94. The van der Waals surface area contributed by atoms with E-state index in [1.54, 1.807) is 0 Å². The zero-order chi connectivity index (χ0) is 16.2. The smallest absolute Gasteiger partial charge is 0.319 e. The van der Waals surface area contributed by atoms with Crippen LogP contribution < -0.4 is 15.4 Å². The van der Waals surface area contributed by atoms with Gasteiger partial charge in [-0.15, -0.1) is 0 Å². The number of aliphatic hydroxyl groups is 1. The molecule has 0 aromatic heterocycles. The predicted octanol–water partition coefficient (Wildman–Crippen LogP) is 1.92. The first kappa shape index (κ1) is 16.6. The Morgan fingerprint density at radius 2 is 2.27 bits per heavy atom. The summed E-state index contributed by atoms with van der Waals surface area (Å²) in [5.74, 6) is 0.728. The molecule has 0 radical (unpaired) electrons. The van der Waals surface area contributed by atoms with Crippen LogP contribution in [0.3, 0.4) is 0 Å². The summed E-state index contributed by atoms with van der Waals surface area (Å²) in [6, 6.07) is 5.34. The van der Waals surface area contributed by atoms with Gasteiger partial charge in [0, 0.05) is 13.7 Å². The fraction of sp³-hybridized carbons (Fsp3) is 0.562. The van der Waals surface area contributed by atoms with Gasteiger partial charge in [-0.05, 0) is 38.3 Å². The number of hydrogen-bond donors (Lipinski definition) is 3. The van der Waals surface area contributed by atoms with E-state index in [1.807, 2.05) is 32.0 Å². The minimum atomic E-state index is -0.726. The maximum Gasteiger partial charge on any atom is 0.319 e. The largest absolute Gasteiger partial charge is 0.485 e. The molecular weight excluding hydrogens is 284 g/mol. The Balaban J connectivity index is 2.00. The monoisotopic (exact) mass is 308 g/mol. The molecule has 6 nitrogen and oxygen atoms in total. The highest BCUT2D eigenvalue weighted by molar-refractivity contribution is 5.91. The van der Waals surface area contributed by atoms with Gasteiger partial charge in [0.2, 0.25) is 0 Å². The summed E-state index contributed by atoms with van der Waals surface area (Å²) in [5, 5.41) is 14.9. The molecule has 1 atom stereocenters. The van der Waals surface area contributed by atoms with Gasteiger partial charge < -0.3 is 25.2 Å². The maximum atomic E-state index is 11.9. The van der Waals surface area contributed by atoms with Crippen LogP contribution in [0.2, 0.25) is 0 Å². The van der Waals surface area contributed by atoms with Crippen molar-refractivity contribution >= 4 is 11.7 Å². The van der Waals surface area contributed by atoms with E-state index in [2.05, 4.69) is 10.6 Å². The summed E-state index contributed by atoms with van der Waals surface area (Å²) < 4.78 is 10.8. The van der Waals surface area contributed by atoms with Gasteiger partial charge >= 0.3 is 6.03 Å². The van der Waals surface area contributed by atoms with Crippen molar-refractivity contribution in [3.63, 3.8) is 0 Å². The maximum absolute atomic E-state index is 11.9. The Hall–Kier alpha value is -1.79. The molecule has 2 rings (SSSR count). The second-order valence-corrected chi connectivity index (χ2v) is 6.10. The van der Waals surface area contributed by atoms with Gasteiger partial charge in [-0.1, -0.05) is 12.1 Å². The molecule has 0 saturated carbocycles. The van der Waals surface area contributed by atoms with E-state index in [0.717, 1.165) is 24.2 Å². The van der Waals surface area contributed by atoms with Crippen molar-refractivity contribution in [3.8, 4) is 5.75 Å². The number of fused-ring (bicyclic) bond motifs is 1. The van der Waals surface area contributed by atoms with Gasteiger partial charge in [0.15, 0.2) is 0 Å². The third kappa shape index (κ3) is 4.35. The highest BCUT2D eigenvalue weighted by Crippen LogP contribution is 2.38. The first-order valence-corrected chi connectivity index (χ1v) is 7.44. The topological polar surface area (TPSA) is 79.8 Å². The second-order valence-electron chi connectivity index (χ2n) is 6.10. The molecule has 0 aliphatic carbocycles. The van der Waals surface area contributed by atoms with Crippen LogP contribution in [-0.2, 0) is 11.2 Å². The lowest BCUT2D eigenvalue weighted by Gasteiger charge is -2.33. The third-order valence-corrected chi connectivity index (χ3v) is 3.58. The van der Waals surface area contributed by atoms with E-state index in [9.17, 15) is 9.90 Å². The van der Waals surface area contributed by atoms with Crippen LogP contribution in [0.1, 0.15) is 25.8 Å². The number of ether oxygens (including phenoxy) is 2. The van der Waals surface area contributed by atoms with Crippen LogP contribution in [0.15, 0.2) is 18.2 Å². The molecule has 3 N–H and O–H groups in total. The lowest BCUT2D eigenvalue weighted by Crippen LogP contribution is -2.37. The predicted molar refractivity (Wildman–Crippen MR) is 84.4 cm³/mol. The fourth-order valence-electron chi connectivity index (χ4n) is 2.39. The third-order valence-electron chi connectivity index (χ3n) is 3.58. The Labute approximate surface area is 130 Å². The Morgan fingerprint density at radius 1 is 1.50 bits per heavy atom. The lowest BCUT2D eigenvalue weighted by molar-refractivity contribution is 0.0663. The molecule has 0 fully saturated rings. The first-order valence-electron chi connectivity index (χ1n) is 7.44. The Morgan fingerprint density at radius 3 is 3.00 bits per heavy atom. The molecular formula is C16H24N2O4. The average molecular weight is 308 g/mol. The van der Waals surface area contributed by atoms with Crippen LogP contribution in [0.5, 0.6) is 5.75 Å². The number of urea groups is 1. The minimum Gasteiger partial charge on any atom is -0.485 e. The van der Waals surface area contributed by atoms with Gasteiger partial charge in [0.1, 0.15) is 11.4 Å². The van der Waals surface area contributed by atoms with E-state index in [0.29, 0.717) is 5.69 Å². The molecule has 1 aliphatic heterocycles. The summed E-state index contributed by atoms with van der Waals surface area (Å²) in [4.78, 5) is 11.9. The van der Waals surface area contributed by atoms with E-state index in [1.165, 1.54) is 7.11 Å².